The predicted molar refractivity (Wildman–Crippen MR) is 235 cm³/mol. The molecule has 1 saturated heterocycles. The Bertz CT molecular complexity index is 2330. The van der Waals surface area contributed by atoms with E-state index in [1.165, 1.54) is 10.1 Å². The zero-order valence-electron chi connectivity index (χ0n) is 36.0. The second-order valence-corrected chi connectivity index (χ2v) is 17.1. The van der Waals surface area contributed by atoms with Crippen LogP contribution in [-0.4, -0.2) is 70.6 Å². The Labute approximate surface area is 362 Å². The number of imidazole rings is 1. The van der Waals surface area contributed by atoms with Crippen molar-refractivity contribution in [3.63, 3.8) is 0 Å². The number of primary amides is 1. The molecule has 0 saturated carbocycles. The second kappa shape index (κ2) is 20.5. The minimum Gasteiger partial charge on any atom is -0.381 e. The van der Waals surface area contributed by atoms with E-state index in [2.05, 4.69) is 34.9 Å². The zero-order chi connectivity index (χ0) is 43.8. The molecule has 4 N–H and O–H groups in total. The summed E-state index contributed by atoms with van der Waals surface area (Å²) >= 11 is 0. The SMILES string of the molecule is C[C@@H](OCc1ccc(CCCOCCCCCc2ccc3c(c2)n(C)c(=O)n3C2CCC(=O)NC2=O)cc1)[C@H](CCC(N)=O)CNC(=O)[C@@H]1Cc2cccc3c2N1C(=O)CCC3. The monoisotopic (exact) mass is 848 g/mol. The predicted octanol–water partition coefficient (Wildman–Crippen LogP) is 4.88. The van der Waals surface area contributed by atoms with E-state index in [-0.39, 0.29) is 48.3 Å². The van der Waals surface area contributed by atoms with Gasteiger partial charge in [-0.15, -0.1) is 0 Å². The molecule has 4 aromatic rings. The summed E-state index contributed by atoms with van der Waals surface area (Å²) in [5.74, 6) is -1.49. The van der Waals surface area contributed by atoms with Crippen LogP contribution in [0.25, 0.3) is 11.0 Å². The highest BCUT2D eigenvalue weighted by Crippen LogP contribution is 2.39. The van der Waals surface area contributed by atoms with E-state index in [0.29, 0.717) is 57.6 Å². The van der Waals surface area contributed by atoms with Gasteiger partial charge < -0.3 is 20.5 Å². The van der Waals surface area contributed by atoms with Crippen LogP contribution < -0.4 is 27.0 Å². The van der Waals surface area contributed by atoms with Crippen LogP contribution in [0.2, 0.25) is 0 Å². The first-order valence-electron chi connectivity index (χ1n) is 22.3. The number of fused-ring (bicyclic) bond motifs is 1. The maximum absolute atomic E-state index is 13.6. The molecule has 62 heavy (non-hydrogen) atoms. The molecule has 14 heteroatoms. The Morgan fingerprint density at radius 1 is 0.871 bits per heavy atom. The number of ether oxygens (including phenoxy) is 2. The Morgan fingerprint density at radius 2 is 1.61 bits per heavy atom. The quantitative estimate of drug-likeness (QED) is 0.0784. The van der Waals surface area contributed by atoms with Crippen molar-refractivity contribution in [2.75, 3.05) is 24.7 Å². The molecule has 7 rings (SSSR count). The average Bonchev–Trinajstić information content (AvgIpc) is 3.70. The summed E-state index contributed by atoms with van der Waals surface area (Å²) in [5.41, 5.74) is 13.2. The van der Waals surface area contributed by atoms with Gasteiger partial charge in [-0.25, -0.2) is 4.79 Å². The van der Waals surface area contributed by atoms with Crippen LogP contribution >= 0.6 is 0 Å². The number of imide groups is 1. The summed E-state index contributed by atoms with van der Waals surface area (Å²) in [6, 6.07) is 19.1. The number of unbranched alkanes of at least 4 members (excludes halogenated alkanes) is 2. The average molecular weight is 849 g/mol. The first kappa shape index (κ1) is 44.5. The van der Waals surface area contributed by atoms with Crippen LogP contribution in [0.4, 0.5) is 5.69 Å². The number of nitrogens with two attached hydrogens (primary N) is 1. The molecule has 330 valence electrons. The van der Waals surface area contributed by atoms with E-state index in [1.54, 1.807) is 16.5 Å². The van der Waals surface area contributed by atoms with E-state index in [1.807, 2.05) is 43.3 Å². The van der Waals surface area contributed by atoms with Crippen LogP contribution in [0.5, 0.6) is 0 Å². The van der Waals surface area contributed by atoms with E-state index >= 15 is 0 Å². The molecule has 3 aliphatic rings. The van der Waals surface area contributed by atoms with Crippen molar-refractivity contribution in [1.29, 1.82) is 0 Å². The van der Waals surface area contributed by atoms with E-state index < -0.39 is 23.9 Å². The van der Waals surface area contributed by atoms with Crippen LogP contribution in [0.15, 0.2) is 65.5 Å². The number of nitrogens with one attached hydrogen (secondary N) is 2. The number of hydrogen-bond acceptors (Lipinski definition) is 8. The summed E-state index contributed by atoms with van der Waals surface area (Å²) in [6.45, 7) is 4.04. The number of amides is 5. The topological polar surface area (TPSA) is 184 Å². The third-order valence-corrected chi connectivity index (χ3v) is 12.8. The fourth-order valence-electron chi connectivity index (χ4n) is 9.17. The fraction of sp³-hybridized carbons (Fsp3) is 0.500. The lowest BCUT2D eigenvalue weighted by atomic mass is 9.96. The molecule has 0 aliphatic carbocycles. The Balaban J connectivity index is 0.788. The van der Waals surface area contributed by atoms with Crippen molar-refractivity contribution in [2.24, 2.45) is 18.7 Å². The second-order valence-electron chi connectivity index (χ2n) is 17.1. The number of para-hydroxylation sites is 1. The van der Waals surface area contributed by atoms with Crippen molar-refractivity contribution in [3.05, 3.63) is 99.0 Å². The van der Waals surface area contributed by atoms with Crippen molar-refractivity contribution in [3.8, 4) is 0 Å². The van der Waals surface area contributed by atoms with Gasteiger partial charge in [0.05, 0.1) is 29.4 Å². The van der Waals surface area contributed by atoms with Crippen molar-refractivity contribution >= 4 is 46.3 Å². The van der Waals surface area contributed by atoms with Gasteiger partial charge in [0.25, 0.3) is 0 Å². The first-order valence-corrected chi connectivity index (χ1v) is 22.3. The lowest BCUT2D eigenvalue weighted by Gasteiger charge is -2.28. The Hall–Kier alpha value is -5.60. The number of carbonyl (C=O) groups is 5. The molecule has 1 fully saturated rings. The number of aryl methyl sites for hydroxylation is 4. The smallest absolute Gasteiger partial charge is 0.329 e. The molecular weight excluding hydrogens is 789 g/mol. The first-order chi connectivity index (χ1) is 30.0. The molecule has 3 aliphatic heterocycles. The number of hydrogen-bond donors (Lipinski definition) is 3. The van der Waals surface area contributed by atoms with Crippen molar-refractivity contribution in [2.45, 2.75) is 122 Å². The van der Waals surface area contributed by atoms with Gasteiger partial charge in [0, 0.05) is 58.4 Å². The molecule has 0 radical (unpaired) electrons. The highest BCUT2D eigenvalue weighted by molar-refractivity contribution is 6.04. The molecule has 14 nitrogen and oxygen atoms in total. The summed E-state index contributed by atoms with van der Waals surface area (Å²) < 4.78 is 15.3. The van der Waals surface area contributed by atoms with Gasteiger partial charge >= 0.3 is 5.69 Å². The lowest BCUT2D eigenvalue weighted by molar-refractivity contribution is -0.135. The summed E-state index contributed by atoms with van der Waals surface area (Å²) in [7, 11) is 1.71. The normalized spacial score (nSPS) is 18.4. The molecule has 4 heterocycles. The van der Waals surface area contributed by atoms with Gasteiger partial charge in [0.1, 0.15) is 12.1 Å². The molecule has 1 unspecified atom stereocenters. The van der Waals surface area contributed by atoms with Crippen LogP contribution in [0.1, 0.15) is 105 Å². The number of nitrogens with zero attached hydrogens (tertiary/aromatic N) is 3. The zero-order valence-corrected chi connectivity index (χ0v) is 36.0. The van der Waals surface area contributed by atoms with E-state index in [0.717, 1.165) is 84.8 Å². The standard InChI is InChI=1S/C48H60N6O8/c1-31(37(20-23-42(49)55)29-50-46(58)41-28-36-13-6-11-35-12-7-14-44(57)54(41)45(35)36)62-30-34-17-15-32(16-18-34)10-8-26-61-25-5-3-4-9-33-19-21-38-40(27-33)52(2)48(60)53(38)39-22-24-43(56)51-47(39)59/h6,11,13,15-19,21,27,31,37,39,41H,3-5,7-10,12,14,20,22-26,28-30H2,1-2H3,(H2,49,55)(H,50,58)(H,51,56,59)/t31-,37-,39?,41+/m1/s1. The van der Waals surface area contributed by atoms with Gasteiger partial charge in [-0.1, -0.05) is 55.0 Å². The third kappa shape index (κ3) is 10.5. The maximum Gasteiger partial charge on any atom is 0.329 e. The van der Waals surface area contributed by atoms with Gasteiger partial charge in [-0.3, -0.25) is 43.3 Å². The number of carbonyl (C=O) groups excluding carboxylic acids is 5. The van der Waals surface area contributed by atoms with Crippen LogP contribution in [-0.2, 0) is 72.8 Å². The molecule has 5 amide bonds. The Kier molecular flexibility index (Phi) is 14.7. The highest BCUT2D eigenvalue weighted by Gasteiger charge is 2.40. The van der Waals surface area contributed by atoms with Gasteiger partial charge in [0.15, 0.2) is 0 Å². The maximum atomic E-state index is 13.6. The summed E-state index contributed by atoms with van der Waals surface area (Å²) in [4.78, 5) is 77.3. The van der Waals surface area contributed by atoms with E-state index in [4.69, 9.17) is 15.2 Å². The number of anilines is 1. The summed E-state index contributed by atoms with van der Waals surface area (Å²) in [5, 5.41) is 5.44. The summed E-state index contributed by atoms with van der Waals surface area (Å²) in [6.07, 6.45) is 9.12. The molecular formula is C48H60N6O8. The van der Waals surface area contributed by atoms with Crippen LogP contribution in [0, 0.1) is 5.92 Å². The van der Waals surface area contributed by atoms with Gasteiger partial charge in [0.2, 0.25) is 29.5 Å². The van der Waals surface area contributed by atoms with Crippen LogP contribution in [0.3, 0.4) is 0 Å². The molecule has 4 atom stereocenters. The van der Waals surface area contributed by atoms with E-state index in [9.17, 15) is 28.8 Å². The van der Waals surface area contributed by atoms with Gasteiger partial charge in [-0.2, -0.15) is 0 Å². The molecule has 3 aromatic carbocycles. The molecule has 0 spiro atoms. The highest BCUT2D eigenvalue weighted by atomic mass is 16.5. The number of rotatable bonds is 21. The molecule has 0 bridgehead atoms. The fourth-order valence-corrected chi connectivity index (χ4v) is 9.17. The van der Waals surface area contributed by atoms with Gasteiger partial charge in [-0.05, 0) is 105 Å². The minimum absolute atomic E-state index is 0.0118. The van der Waals surface area contributed by atoms with Crippen molar-refractivity contribution in [1.82, 2.24) is 19.8 Å². The minimum atomic E-state index is -0.686. The Morgan fingerprint density at radius 3 is 2.40 bits per heavy atom. The lowest BCUT2D eigenvalue weighted by Crippen LogP contribution is -2.49. The van der Waals surface area contributed by atoms with Crippen molar-refractivity contribution < 1.29 is 33.4 Å². The third-order valence-electron chi connectivity index (χ3n) is 12.8. The number of benzene rings is 3. The largest absolute Gasteiger partial charge is 0.381 e. The number of piperidine rings is 1. The number of aromatic nitrogens is 2. The molecule has 1 aromatic heterocycles.